The van der Waals surface area contributed by atoms with Crippen molar-refractivity contribution >= 4 is 5.97 Å². The van der Waals surface area contributed by atoms with E-state index in [0.29, 0.717) is 6.42 Å². The molecule has 0 aliphatic rings. The van der Waals surface area contributed by atoms with Crippen molar-refractivity contribution in [2.75, 3.05) is 6.61 Å². The lowest BCUT2D eigenvalue weighted by molar-refractivity contribution is -0.253. The van der Waals surface area contributed by atoms with Gasteiger partial charge in [-0.1, -0.05) is 27.7 Å². The molecule has 0 spiro atoms. The van der Waals surface area contributed by atoms with Crippen LogP contribution in [0.15, 0.2) is 0 Å². The van der Waals surface area contributed by atoms with Crippen molar-refractivity contribution in [2.45, 2.75) is 60.4 Å². The normalized spacial score (nSPS) is 15.2. The third-order valence-electron chi connectivity index (χ3n) is 2.76. The molecule has 6 heteroatoms. The van der Waals surface area contributed by atoms with Gasteiger partial charge in [0.05, 0.1) is 5.41 Å². The summed E-state index contributed by atoms with van der Waals surface area (Å²) in [5.74, 6) is -0.558. The zero-order valence-corrected chi connectivity index (χ0v) is 12.4. The summed E-state index contributed by atoms with van der Waals surface area (Å²) in [6, 6.07) is 0. The van der Waals surface area contributed by atoms with Gasteiger partial charge in [0.2, 0.25) is 6.29 Å². The molecule has 19 heavy (non-hydrogen) atoms. The maximum atomic E-state index is 12.2. The van der Waals surface area contributed by atoms with Crippen LogP contribution in [0.3, 0.4) is 0 Å². The van der Waals surface area contributed by atoms with Gasteiger partial charge >= 0.3 is 12.1 Å². The van der Waals surface area contributed by atoms with Gasteiger partial charge in [0.15, 0.2) is 0 Å². The van der Waals surface area contributed by atoms with Crippen molar-refractivity contribution in [3.05, 3.63) is 0 Å². The average Bonchev–Trinajstić information content (AvgIpc) is 2.20. The van der Waals surface area contributed by atoms with Crippen molar-refractivity contribution in [3.8, 4) is 0 Å². The van der Waals surface area contributed by atoms with Crippen LogP contribution < -0.4 is 0 Å². The van der Waals surface area contributed by atoms with Gasteiger partial charge in [-0.15, -0.1) is 0 Å². The number of hydrogen-bond acceptors (Lipinski definition) is 3. The Morgan fingerprint density at radius 2 is 1.58 bits per heavy atom. The summed E-state index contributed by atoms with van der Waals surface area (Å²) in [5.41, 5.74) is -1.48. The Balaban J connectivity index is 4.77. The molecule has 0 bridgehead atoms. The fourth-order valence-corrected chi connectivity index (χ4v) is 1.03. The van der Waals surface area contributed by atoms with Crippen LogP contribution in [0.5, 0.6) is 0 Å². The molecule has 0 radical (unpaired) electrons. The Bertz CT molecular complexity index is 303. The summed E-state index contributed by atoms with van der Waals surface area (Å²) in [6.07, 6.45) is -5.15. The lowest BCUT2D eigenvalue weighted by Crippen LogP contribution is -2.40. The van der Waals surface area contributed by atoms with E-state index < -0.39 is 35.9 Å². The van der Waals surface area contributed by atoms with E-state index in [1.807, 2.05) is 6.92 Å². The molecule has 0 heterocycles. The largest absolute Gasteiger partial charge is 0.435 e. The molecule has 0 N–H and O–H groups in total. The van der Waals surface area contributed by atoms with Gasteiger partial charge in [-0.05, 0) is 20.3 Å². The first-order valence-corrected chi connectivity index (χ1v) is 6.19. The second-order valence-electron chi connectivity index (χ2n) is 6.27. The van der Waals surface area contributed by atoms with E-state index in [-0.39, 0.29) is 0 Å². The highest BCUT2D eigenvalue weighted by Gasteiger charge is 2.38. The molecule has 0 aromatic rings. The monoisotopic (exact) mass is 284 g/mol. The fourth-order valence-electron chi connectivity index (χ4n) is 1.03. The topological polar surface area (TPSA) is 35.5 Å². The number of rotatable bonds is 5. The van der Waals surface area contributed by atoms with Crippen molar-refractivity contribution in [1.82, 2.24) is 0 Å². The molecule has 1 unspecified atom stereocenters. The lowest BCUT2D eigenvalue weighted by Gasteiger charge is -2.33. The molecule has 1 atom stereocenters. The first kappa shape index (κ1) is 18.2. The summed E-state index contributed by atoms with van der Waals surface area (Å²) >= 11 is 0. The van der Waals surface area contributed by atoms with Crippen LogP contribution in [0.4, 0.5) is 13.2 Å². The molecule has 0 aliphatic heterocycles. The van der Waals surface area contributed by atoms with Crippen molar-refractivity contribution < 1.29 is 27.4 Å². The van der Waals surface area contributed by atoms with Gasteiger partial charge < -0.3 is 9.47 Å². The minimum Gasteiger partial charge on any atom is -0.435 e. The standard InChI is InChI=1S/C13H23F3O3/c1-7-12(5,6)9(17)19-10(11(2,3)4)18-8-13(14,15)16/h10H,7-8H2,1-6H3. The van der Waals surface area contributed by atoms with E-state index in [0.717, 1.165) is 0 Å². The van der Waals surface area contributed by atoms with Gasteiger partial charge in [-0.25, -0.2) is 0 Å². The molecule has 0 saturated heterocycles. The van der Waals surface area contributed by atoms with Crippen LogP contribution in [0.25, 0.3) is 0 Å². The molecule has 3 nitrogen and oxygen atoms in total. The first-order valence-electron chi connectivity index (χ1n) is 6.19. The van der Waals surface area contributed by atoms with Crippen LogP contribution in [-0.2, 0) is 14.3 Å². The second kappa shape index (κ2) is 6.11. The van der Waals surface area contributed by atoms with Gasteiger partial charge in [-0.2, -0.15) is 13.2 Å². The van der Waals surface area contributed by atoms with Crippen LogP contribution in [0.2, 0.25) is 0 Å². The summed E-state index contributed by atoms with van der Waals surface area (Å²) in [4.78, 5) is 11.9. The van der Waals surface area contributed by atoms with Crippen LogP contribution in [0.1, 0.15) is 48.0 Å². The summed E-state index contributed by atoms with van der Waals surface area (Å²) in [7, 11) is 0. The zero-order valence-electron chi connectivity index (χ0n) is 12.4. The minimum absolute atomic E-state index is 0.530. The molecule has 0 saturated carbocycles. The summed E-state index contributed by atoms with van der Waals surface area (Å²) in [6.45, 7) is 8.69. The highest BCUT2D eigenvalue weighted by Crippen LogP contribution is 2.30. The average molecular weight is 284 g/mol. The van der Waals surface area contributed by atoms with Gasteiger partial charge in [0.25, 0.3) is 0 Å². The molecule has 0 aromatic carbocycles. The van der Waals surface area contributed by atoms with Crippen LogP contribution >= 0.6 is 0 Å². The molecular formula is C13H23F3O3. The molecule has 0 amide bonds. The van der Waals surface area contributed by atoms with E-state index in [9.17, 15) is 18.0 Å². The number of alkyl halides is 3. The molecule has 114 valence electrons. The van der Waals surface area contributed by atoms with E-state index >= 15 is 0 Å². The lowest BCUT2D eigenvalue weighted by atomic mass is 9.90. The maximum Gasteiger partial charge on any atom is 0.411 e. The Labute approximate surface area is 112 Å². The Morgan fingerprint density at radius 1 is 1.11 bits per heavy atom. The van der Waals surface area contributed by atoms with E-state index in [1.165, 1.54) is 0 Å². The van der Waals surface area contributed by atoms with Gasteiger partial charge in [0.1, 0.15) is 6.61 Å². The van der Waals surface area contributed by atoms with Crippen LogP contribution in [0, 0.1) is 10.8 Å². The van der Waals surface area contributed by atoms with Crippen LogP contribution in [-0.4, -0.2) is 25.0 Å². The number of hydrogen-bond donors (Lipinski definition) is 0. The Morgan fingerprint density at radius 3 is 1.89 bits per heavy atom. The molecule has 0 rings (SSSR count). The maximum absolute atomic E-state index is 12.2. The third-order valence-corrected chi connectivity index (χ3v) is 2.76. The molecule has 0 aliphatic carbocycles. The summed E-state index contributed by atoms with van der Waals surface area (Å²) < 4.78 is 46.3. The number of ether oxygens (including phenoxy) is 2. The van der Waals surface area contributed by atoms with E-state index in [1.54, 1.807) is 34.6 Å². The fraction of sp³-hybridized carbons (Fsp3) is 0.923. The number of halogens is 3. The number of carbonyl (C=O) groups excluding carboxylic acids is 1. The second-order valence-corrected chi connectivity index (χ2v) is 6.27. The zero-order chi connectivity index (χ0) is 15.5. The van der Waals surface area contributed by atoms with Gasteiger partial charge in [0, 0.05) is 5.41 Å². The SMILES string of the molecule is CCC(C)(C)C(=O)OC(OCC(F)(F)F)C(C)(C)C. The van der Waals surface area contributed by atoms with E-state index in [2.05, 4.69) is 0 Å². The van der Waals surface area contributed by atoms with Crippen molar-refractivity contribution in [2.24, 2.45) is 10.8 Å². The van der Waals surface area contributed by atoms with Crippen molar-refractivity contribution in [1.29, 1.82) is 0 Å². The predicted octanol–water partition coefficient (Wildman–Crippen LogP) is 3.92. The Kier molecular flexibility index (Phi) is 5.86. The number of carbonyl (C=O) groups is 1. The third kappa shape index (κ3) is 6.80. The highest BCUT2D eigenvalue weighted by molar-refractivity contribution is 5.75. The highest BCUT2D eigenvalue weighted by atomic mass is 19.4. The van der Waals surface area contributed by atoms with Crippen molar-refractivity contribution in [3.63, 3.8) is 0 Å². The molecule has 0 aromatic heterocycles. The van der Waals surface area contributed by atoms with Gasteiger partial charge in [-0.3, -0.25) is 4.79 Å². The summed E-state index contributed by atoms with van der Waals surface area (Å²) in [5, 5.41) is 0. The first-order chi connectivity index (χ1) is 8.29. The predicted molar refractivity (Wildman–Crippen MR) is 65.4 cm³/mol. The Hall–Kier alpha value is -0.780. The van der Waals surface area contributed by atoms with E-state index in [4.69, 9.17) is 9.47 Å². The number of esters is 1. The molecule has 0 fully saturated rings. The minimum atomic E-state index is -4.45. The quantitative estimate of drug-likeness (QED) is 0.567. The smallest absolute Gasteiger partial charge is 0.411 e. The molecular weight excluding hydrogens is 261 g/mol.